The van der Waals surface area contributed by atoms with Gasteiger partial charge in [-0.15, -0.1) is 0 Å². The topological polar surface area (TPSA) is 61.8 Å². The number of hydrogen-bond donors (Lipinski definition) is 0. The highest BCUT2D eigenvalue weighted by Gasteiger charge is 2.60. The number of benzene rings is 1. The molecule has 0 bridgehead atoms. The second kappa shape index (κ2) is 8.49. The van der Waals surface area contributed by atoms with Crippen LogP contribution in [0.5, 0.6) is 0 Å². The molecular formula is C28H36O5. The van der Waals surface area contributed by atoms with Crippen LogP contribution < -0.4 is 0 Å². The van der Waals surface area contributed by atoms with Gasteiger partial charge in [0.25, 0.3) is 0 Å². The summed E-state index contributed by atoms with van der Waals surface area (Å²) in [5.74, 6) is 3.17. The first-order chi connectivity index (χ1) is 16.1. The van der Waals surface area contributed by atoms with Crippen molar-refractivity contribution in [3.8, 4) is 0 Å². The van der Waals surface area contributed by atoms with E-state index in [-0.39, 0.29) is 17.2 Å². The minimum absolute atomic E-state index is 0.265. The Hall–Kier alpha value is -1.72. The maximum absolute atomic E-state index is 13.2. The van der Waals surface area contributed by atoms with Crippen molar-refractivity contribution in [2.75, 3.05) is 19.8 Å². The van der Waals surface area contributed by atoms with Crippen molar-refractivity contribution in [2.45, 2.75) is 70.0 Å². The maximum Gasteiger partial charge on any atom is 0.338 e. The van der Waals surface area contributed by atoms with Gasteiger partial charge < -0.3 is 14.2 Å². The molecule has 5 heteroatoms. The molecule has 1 aromatic carbocycles. The van der Waals surface area contributed by atoms with E-state index in [4.69, 9.17) is 14.2 Å². The fraction of sp³-hybridized carbons (Fsp3) is 0.714. The van der Waals surface area contributed by atoms with Crippen LogP contribution in [0.4, 0.5) is 0 Å². The molecule has 33 heavy (non-hydrogen) atoms. The van der Waals surface area contributed by atoms with Crippen LogP contribution in [-0.4, -0.2) is 37.4 Å². The summed E-state index contributed by atoms with van der Waals surface area (Å²) in [5, 5.41) is 0. The standard InChI is InChI=1S/C28H36O5/c29-25-9-8-24-23-7-6-20-18-28(32-16-17-33-28)13-11-21(20)22(23)10-12-27(24,25)14-15-31-26(30)19-4-2-1-3-5-19/h1-5,20-24H,6-18H2/t20?,21?,22?,23?,24?,27-/m1/s1. The Kier molecular flexibility index (Phi) is 5.61. The zero-order valence-electron chi connectivity index (χ0n) is 19.5. The number of ether oxygens (including phenoxy) is 3. The molecular weight excluding hydrogens is 416 g/mol. The molecule has 6 atom stereocenters. The van der Waals surface area contributed by atoms with Gasteiger partial charge in [-0.1, -0.05) is 18.2 Å². The fourth-order valence-corrected chi connectivity index (χ4v) is 8.60. The molecule has 1 heterocycles. The summed E-state index contributed by atoms with van der Waals surface area (Å²) < 4.78 is 17.7. The van der Waals surface area contributed by atoms with Gasteiger partial charge in [0.15, 0.2) is 5.79 Å². The van der Waals surface area contributed by atoms with Crippen molar-refractivity contribution in [3.05, 3.63) is 35.9 Å². The van der Waals surface area contributed by atoms with E-state index in [2.05, 4.69) is 0 Å². The average molecular weight is 453 g/mol. The Morgan fingerprint density at radius 1 is 0.939 bits per heavy atom. The van der Waals surface area contributed by atoms with Crippen molar-refractivity contribution >= 4 is 11.8 Å². The average Bonchev–Trinajstić information content (AvgIpc) is 3.43. The van der Waals surface area contributed by atoms with Gasteiger partial charge >= 0.3 is 5.97 Å². The molecule has 178 valence electrons. The van der Waals surface area contributed by atoms with Gasteiger partial charge in [0.2, 0.25) is 0 Å². The summed E-state index contributed by atoms with van der Waals surface area (Å²) in [5.41, 5.74) is 0.315. The van der Waals surface area contributed by atoms with E-state index in [9.17, 15) is 9.59 Å². The van der Waals surface area contributed by atoms with Gasteiger partial charge in [-0.05, 0) is 86.7 Å². The Labute approximate surface area is 196 Å². The van der Waals surface area contributed by atoms with Crippen molar-refractivity contribution in [1.29, 1.82) is 0 Å². The van der Waals surface area contributed by atoms with Gasteiger partial charge in [-0.25, -0.2) is 4.79 Å². The Balaban J connectivity index is 1.13. The Morgan fingerprint density at radius 3 is 2.55 bits per heavy atom. The zero-order chi connectivity index (χ0) is 22.5. The third-order valence-corrected chi connectivity index (χ3v) is 10.0. The number of carbonyl (C=O) groups excluding carboxylic acids is 2. The highest BCUT2D eigenvalue weighted by atomic mass is 16.7. The lowest BCUT2D eigenvalue weighted by atomic mass is 9.49. The number of ketones is 1. The Bertz CT molecular complexity index is 891. The maximum atomic E-state index is 13.2. The highest BCUT2D eigenvalue weighted by molar-refractivity contribution is 5.89. The van der Waals surface area contributed by atoms with Gasteiger partial charge in [-0.3, -0.25) is 4.79 Å². The molecule has 1 spiro atoms. The van der Waals surface area contributed by atoms with Gasteiger partial charge in [0.1, 0.15) is 5.78 Å². The molecule has 0 radical (unpaired) electrons. The highest BCUT2D eigenvalue weighted by Crippen LogP contribution is 2.63. The quantitative estimate of drug-likeness (QED) is 0.589. The van der Waals surface area contributed by atoms with Crippen molar-refractivity contribution < 1.29 is 23.8 Å². The molecule has 1 aliphatic heterocycles. The molecule has 5 nitrogen and oxygen atoms in total. The number of fused-ring (bicyclic) bond motifs is 5. The zero-order valence-corrected chi connectivity index (χ0v) is 19.5. The van der Waals surface area contributed by atoms with Crippen LogP contribution in [0.15, 0.2) is 30.3 Å². The summed E-state index contributed by atoms with van der Waals surface area (Å²) in [6.45, 7) is 1.83. The molecule has 1 saturated heterocycles. The van der Waals surface area contributed by atoms with Crippen LogP contribution in [0.3, 0.4) is 0 Å². The second-order valence-corrected chi connectivity index (χ2v) is 11.2. The van der Waals surface area contributed by atoms with E-state index < -0.39 is 0 Å². The number of Topliss-reactive ketones (excluding diaryl/α,β-unsaturated/α-hetero) is 1. The molecule has 5 fully saturated rings. The van der Waals surface area contributed by atoms with Crippen molar-refractivity contribution in [3.63, 3.8) is 0 Å². The van der Waals surface area contributed by atoms with Crippen LogP contribution in [0.2, 0.25) is 0 Å². The van der Waals surface area contributed by atoms with E-state index in [0.29, 0.717) is 48.5 Å². The smallest absolute Gasteiger partial charge is 0.338 e. The fourth-order valence-electron chi connectivity index (χ4n) is 8.60. The van der Waals surface area contributed by atoms with Crippen LogP contribution in [0, 0.1) is 35.0 Å². The molecule has 0 amide bonds. The molecule has 4 saturated carbocycles. The van der Waals surface area contributed by atoms with E-state index in [1.165, 1.54) is 19.3 Å². The lowest BCUT2D eigenvalue weighted by molar-refractivity contribution is -0.209. The number of hydrogen-bond acceptors (Lipinski definition) is 5. The largest absolute Gasteiger partial charge is 0.462 e. The van der Waals surface area contributed by atoms with E-state index in [1.54, 1.807) is 12.1 Å². The minimum atomic E-state index is -0.293. The summed E-state index contributed by atoms with van der Waals surface area (Å²) in [4.78, 5) is 25.7. The summed E-state index contributed by atoms with van der Waals surface area (Å²) in [6.07, 6.45) is 10.3. The monoisotopic (exact) mass is 452 g/mol. The SMILES string of the molecule is O=C(OCC[C@]12CCC3C4CCC5(CC4CCC3C1CCC2=O)OCCO5)c1ccccc1. The summed E-state index contributed by atoms with van der Waals surface area (Å²) in [6, 6.07) is 9.15. The lowest BCUT2D eigenvalue weighted by Gasteiger charge is -2.56. The first kappa shape index (κ1) is 21.8. The molecule has 0 N–H and O–H groups in total. The number of carbonyl (C=O) groups is 2. The van der Waals surface area contributed by atoms with Gasteiger partial charge in [0, 0.05) is 24.7 Å². The van der Waals surface area contributed by atoms with E-state index in [0.717, 1.165) is 57.2 Å². The summed E-state index contributed by atoms with van der Waals surface area (Å²) >= 11 is 0. The van der Waals surface area contributed by atoms with Gasteiger partial charge in [0.05, 0.1) is 25.4 Å². The van der Waals surface area contributed by atoms with Crippen LogP contribution in [0.1, 0.15) is 74.6 Å². The molecule has 1 aromatic rings. The molecule has 5 aliphatic rings. The molecule has 0 aromatic heterocycles. The van der Waals surface area contributed by atoms with Gasteiger partial charge in [-0.2, -0.15) is 0 Å². The van der Waals surface area contributed by atoms with Crippen molar-refractivity contribution in [1.82, 2.24) is 0 Å². The van der Waals surface area contributed by atoms with E-state index >= 15 is 0 Å². The predicted molar refractivity (Wildman–Crippen MR) is 122 cm³/mol. The minimum Gasteiger partial charge on any atom is -0.462 e. The van der Waals surface area contributed by atoms with Crippen LogP contribution in [0.25, 0.3) is 0 Å². The molecule has 6 rings (SSSR count). The summed E-state index contributed by atoms with van der Waals surface area (Å²) in [7, 11) is 0. The second-order valence-electron chi connectivity index (χ2n) is 11.2. The van der Waals surface area contributed by atoms with Crippen molar-refractivity contribution in [2.24, 2.45) is 35.0 Å². The third kappa shape index (κ3) is 3.67. The lowest BCUT2D eigenvalue weighted by Crippen LogP contribution is -2.52. The normalized spacial score (nSPS) is 39.0. The number of rotatable bonds is 4. The third-order valence-electron chi connectivity index (χ3n) is 10.0. The first-order valence-corrected chi connectivity index (χ1v) is 13.1. The first-order valence-electron chi connectivity index (χ1n) is 13.1. The molecule has 5 unspecified atom stereocenters. The predicted octanol–water partition coefficient (Wildman–Crippen LogP) is 5.18. The van der Waals surface area contributed by atoms with Crippen LogP contribution >= 0.6 is 0 Å². The molecule has 4 aliphatic carbocycles. The van der Waals surface area contributed by atoms with Crippen LogP contribution in [-0.2, 0) is 19.0 Å². The Morgan fingerprint density at radius 2 is 1.73 bits per heavy atom. The van der Waals surface area contributed by atoms with E-state index in [1.807, 2.05) is 18.2 Å². The number of esters is 1.